The molecule has 0 saturated heterocycles. The fraction of sp³-hybridized carbons (Fsp3) is 0.353. The Kier molecular flexibility index (Phi) is 5.30. The van der Waals surface area contributed by atoms with Crippen molar-refractivity contribution in [3.63, 3.8) is 0 Å². The first-order valence-corrected chi connectivity index (χ1v) is 7.74. The van der Waals surface area contributed by atoms with Gasteiger partial charge in [-0.25, -0.2) is 14.2 Å². The normalized spacial score (nSPS) is 12.0. The van der Waals surface area contributed by atoms with Gasteiger partial charge in [-0.05, 0) is 39.0 Å². The third kappa shape index (κ3) is 5.05. The van der Waals surface area contributed by atoms with Gasteiger partial charge in [0.05, 0.1) is 16.9 Å². The lowest BCUT2D eigenvalue weighted by Crippen LogP contribution is -2.35. The van der Waals surface area contributed by atoms with Crippen molar-refractivity contribution in [2.45, 2.75) is 32.5 Å². The van der Waals surface area contributed by atoms with E-state index in [2.05, 4.69) is 4.98 Å². The van der Waals surface area contributed by atoms with Crippen LogP contribution in [0.2, 0.25) is 0 Å². The highest BCUT2D eigenvalue weighted by Gasteiger charge is 2.38. The maximum absolute atomic E-state index is 13.5. The molecule has 0 radical (unpaired) electrons. The summed E-state index contributed by atoms with van der Waals surface area (Å²) in [6.07, 6.45) is -4.13. The smallest absolute Gasteiger partial charge is 0.435 e. The van der Waals surface area contributed by atoms with E-state index in [1.54, 1.807) is 20.8 Å². The number of aromatic nitrogens is 2. The van der Waals surface area contributed by atoms with Crippen molar-refractivity contribution < 1.29 is 37.0 Å². The lowest BCUT2D eigenvalue weighted by molar-refractivity contribution is -0.905. The summed E-state index contributed by atoms with van der Waals surface area (Å²) < 4.78 is 59.4. The van der Waals surface area contributed by atoms with Gasteiger partial charge in [-0.2, -0.15) is 13.2 Å². The van der Waals surface area contributed by atoms with Gasteiger partial charge in [-0.3, -0.25) is 10.1 Å². The second-order valence-corrected chi connectivity index (χ2v) is 6.72. The van der Waals surface area contributed by atoms with Crippen LogP contribution in [0.3, 0.4) is 0 Å². The number of alkyl halides is 3. The molecule has 0 bridgehead atoms. The molecule has 146 valence electrons. The Morgan fingerprint density at radius 1 is 1.22 bits per heavy atom. The summed E-state index contributed by atoms with van der Waals surface area (Å²) in [7, 11) is 1.13. The molecule has 27 heavy (non-hydrogen) atoms. The van der Waals surface area contributed by atoms with Crippen LogP contribution in [0, 0.1) is 5.82 Å². The number of halogens is 4. The Labute approximate surface area is 152 Å². The molecule has 6 nitrogen and oxygen atoms in total. The molecule has 10 heteroatoms. The number of amides is 1. The number of carbonyl (C=O) groups is 1. The van der Waals surface area contributed by atoms with Crippen LogP contribution < -0.4 is 9.63 Å². The van der Waals surface area contributed by atoms with E-state index < -0.39 is 35.1 Å². The van der Waals surface area contributed by atoms with E-state index >= 15 is 0 Å². The molecular weight excluding hydrogens is 370 g/mol. The van der Waals surface area contributed by atoms with Crippen molar-refractivity contribution in [2.24, 2.45) is 0 Å². The SMILES string of the molecule is CN(C(=O)OC(C)(C)C)c1ccc(-c2cc(F)c[n+](O)c2)nc1C(F)(F)F. The number of rotatable bonds is 2. The fourth-order valence-corrected chi connectivity index (χ4v) is 2.19. The molecule has 0 aliphatic heterocycles. The van der Waals surface area contributed by atoms with Crippen LogP contribution >= 0.6 is 0 Å². The molecule has 1 amide bonds. The van der Waals surface area contributed by atoms with Crippen molar-refractivity contribution in [1.29, 1.82) is 0 Å². The lowest BCUT2D eigenvalue weighted by atomic mass is 10.1. The molecule has 1 N–H and O–H groups in total. The molecule has 0 spiro atoms. The number of hydrogen-bond donors (Lipinski definition) is 1. The molecule has 0 saturated carbocycles. The Balaban J connectivity index is 2.52. The van der Waals surface area contributed by atoms with E-state index in [0.717, 1.165) is 31.6 Å². The van der Waals surface area contributed by atoms with Crippen LogP contribution in [-0.2, 0) is 10.9 Å². The Hall–Kier alpha value is -2.91. The average Bonchev–Trinajstić information content (AvgIpc) is 2.50. The van der Waals surface area contributed by atoms with Gasteiger partial charge in [0.15, 0.2) is 11.5 Å². The minimum atomic E-state index is -4.88. The zero-order chi connectivity index (χ0) is 20.6. The van der Waals surface area contributed by atoms with E-state index in [-0.39, 0.29) is 11.3 Å². The van der Waals surface area contributed by atoms with Gasteiger partial charge in [-0.1, -0.05) is 0 Å². The van der Waals surface area contributed by atoms with E-state index in [9.17, 15) is 27.6 Å². The van der Waals surface area contributed by atoms with Gasteiger partial charge in [0.2, 0.25) is 6.20 Å². The van der Waals surface area contributed by atoms with Gasteiger partial charge in [-0.15, -0.1) is 0 Å². The zero-order valence-corrected chi connectivity index (χ0v) is 15.0. The monoisotopic (exact) mass is 388 g/mol. The first-order valence-electron chi connectivity index (χ1n) is 7.74. The van der Waals surface area contributed by atoms with Crippen molar-refractivity contribution in [2.75, 3.05) is 11.9 Å². The molecule has 0 aliphatic carbocycles. The van der Waals surface area contributed by atoms with E-state index in [1.165, 1.54) is 6.07 Å². The Morgan fingerprint density at radius 2 is 1.85 bits per heavy atom. The molecule has 0 unspecified atom stereocenters. The second kappa shape index (κ2) is 7.01. The maximum atomic E-state index is 13.5. The summed E-state index contributed by atoms with van der Waals surface area (Å²) in [5, 5.41) is 9.37. The zero-order valence-electron chi connectivity index (χ0n) is 15.0. The predicted octanol–water partition coefficient (Wildman–Crippen LogP) is 3.80. The van der Waals surface area contributed by atoms with Crippen molar-refractivity contribution in [3.8, 4) is 11.3 Å². The highest BCUT2D eigenvalue weighted by Crippen LogP contribution is 2.36. The standard InChI is InChI=1S/C17H18F4N3O3/c1-16(2,3)27-15(25)23(4)13-6-5-12(22-14(13)17(19,20)21)10-7-11(18)9-24(26)8-10/h5-9,26H,1-4H3/q+1. The number of ether oxygens (including phenoxy) is 1. The summed E-state index contributed by atoms with van der Waals surface area (Å²) in [5.74, 6) is -0.861. The van der Waals surface area contributed by atoms with Crippen LogP contribution in [0.1, 0.15) is 26.5 Å². The van der Waals surface area contributed by atoms with Crippen LogP contribution in [0.15, 0.2) is 30.6 Å². The van der Waals surface area contributed by atoms with Crippen LogP contribution in [0.5, 0.6) is 0 Å². The number of nitrogens with zero attached hydrogens (tertiary/aromatic N) is 3. The lowest BCUT2D eigenvalue weighted by Gasteiger charge is -2.26. The molecule has 0 aromatic carbocycles. The number of pyridine rings is 2. The van der Waals surface area contributed by atoms with E-state index in [4.69, 9.17) is 4.74 Å². The molecule has 2 heterocycles. The van der Waals surface area contributed by atoms with Crippen molar-refractivity contribution in [3.05, 3.63) is 42.1 Å². The summed E-state index contributed by atoms with van der Waals surface area (Å²) in [6.45, 7) is 4.75. The fourth-order valence-electron chi connectivity index (χ4n) is 2.19. The third-order valence-corrected chi connectivity index (χ3v) is 3.29. The van der Waals surface area contributed by atoms with Gasteiger partial charge < -0.3 is 4.74 Å². The molecular formula is C17H18F4N3O3+. The maximum Gasteiger partial charge on any atom is 0.435 e. The molecule has 0 fully saturated rings. The first-order chi connectivity index (χ1) is 12.3. The molecule has 2 aromatic rings. The van der Waals surface area contributed by atoms with Crippen LogP contribution in [0.25, 0.3) is 11.3 Å². The van der Waals surface area contributed by atoms with E-state index in [1.807, 2.05) is 0 Å². The van der Waals surface area contributed by atoms with Crippen LogP contribution in [0.4, 0.5) is 28.0 Å². The highest BCUT2D eigenvalue weighted by molar-refractivity contribution is 5.88. The first kappa shape index (κ1) is 20.4. The average molecular weight is 388 g/mol. The summed E-state index contributed by atoms with van der Waals surface area (Å²) >= 11 is 0. The van der Waals surface area contributed by atoms with Gasteiger partial charge in [0.25, 0.3) is 6.20 Å². The summed E-state index contributed by atoms with van der Waals surface area (Å²) in [5.41, 5.74) is -3.07. The third-order valence-electron chi connectivity index (χ3n) is 3.29. The van der Waals surface area contributed by atoms with Crippen molar-refractivity contribution >= 4 is 11.8 Å². The van der Waals surface area contributed by atoms with Gasteiger partial charge in [0.1, 0.15) is 5.60 Å². The quantitative estimate of drug-likeness (QED) is 0.483. The second-order valence-electron chi connectivity index (χ2n) is 6.72. The minimum absolute atomic E-state index is 0.0746. The number of carbonyl (C=O) groups excluding carboxylic acids is 1. The van der Waals surface area contributed by atoms with Crippen molar-refractivity contribution in [1.82, 2.24) is 4.98 Å². The number of hydrogen-bond acceptors (Lipinski definition) is 4. The van der Waals surface area contributed by atoms with Crippen LogP contribution in [-0.4, -0.2) is 28.9 Å². The molecule has 2 rings (SSSR count). The predicted molar refractivity (Wildman–Crippen MR) is 86.6 cm³/mol. The Morgan fingerprint density at radius 3 is 2.37 bits per heavy atom. The largest absolute Gasteiger partial charge is 0.443 e. The van der Waals surface area contributed by atoms with E-state index in [0.29, 0.717) is 9.63 Å². The molecule has 2 aromatic heterocycles. The molecule has 0 atom stereocenters. The highest BCUT2D eigenvalue weighted by atomic mass is 19.4. The minimum Gasteiger partial charge on any atom is -0.443 e. The summed E-state index contributed by atoms with van der Waals surface area (Å²) in [6, 6.07) is 3.13. The molecule has 0 aliphatic rings. The van der Waals surface area contributed by atoms with Gasteiger partial charge in [0, 0.05) is 11.8 Å². The summed E-state index contributed by atoms with van der Waals surface area (Å²) in [4.78, 5) is 16.3. The van der Waals surface area contributed by atoms with Gasteiger partial charge >= 0.3 is 12.3 Å². The Bertz CT molecular complexity index is 843. The number of anilines is 1. The topological polar surface area (TPSA) is 66.5 Å².